The average molecular weight is 299 g/mol. The molecule has 0 saturated carbocycles. The number of carbonyl (C=O) groups is 1. The van der Waals surface area contributed by atoms with Crippen LogP contribution in [-0.2, 0) is 9.53 Å². The average Bonchev–Trinajstić information content (AvgIpc) is 2.39. The molecule has 0 heterocycles. The van der Waals surface area contributed by atoms with Crippen LogP contribution in [0.3, 0.4) is 0 Å². The highest BCUT2D eigenvalue weighted by Gasteiger charge is 2.20. The lowest BCUT2D eigenvalue weighted by atomic mass is 10.1. The van der Waals surface area contributed by atoms with Crippen molar-refractivity contribution in [2.45, 2.75) is 19.9 Å². The molecule has 0 bridgehead atoms. The van der Waals surface area contributed by atoms with E-state index < -0.39 is 17.6 Å². The number of anilines is 1. The summed E-state index contributed by atoms with van der Waals surface area (Å²) in [7, 11) is 1.52. The van der Waals surface area contributed by atoms with Crippen LogP contribution in [0.1, 0.15) is 19.4 Å². The Labute approximate surface area is 122 Å². The van der Waals surface area contributed by atoms with Crippen LogP contribution in [-0.4, -0.2) is 37.4 Å². The van der Waals surface area contributed by atoms with Gasteiger partial charge in [-0.2, -0.15) is 0 Å². The monoisotopic (exact) mass is 299 g/mol. The lowest BCUT2D eigenvalue weighted by Crippen LogP contribution is -2.35. The predicted octanol–water partition coefficient (Wildman–Crippen LogP) is 2.92. The molecule has 6 heteroatoms. The summed E-state index contributed by atoms with van der Waals surface area (Å²) in [6.07, 6.45) is 1.98. The molecule has 0 aliphatic heterocycles. The van der Waals surface area contributed by atoms with E-state index in [1.165, 1.54) is 7.11 Å². The Morgan fingerprint density at radius 1 is 1.38 bits per heavy atom. The first kappa shape index (κ1) is 17.1. The van der Waals surface area contributed by atoms with Gasteiger partial charge >= 0.3 is 5.97 Å². The van der Waals surface area contributed by atoms with E-state index in [9.17, 15) is 13.6 Å². The van der Waals surface area contributed by atoms with Gasteiger partial charge in [0.05, 0.1) is 6.61 Å². The van der Waals surface area contributed by atoms with Crippen molar-refractivity contribution in [1.82, 2.24) is 0 Å². The Hall–Kier alpha value is -1.95. The van der Waals surface area contributed by atoms with Gasteiger partial charge in [0.1, 0.15) is 17.3 Å². The van der Waals surface area contributed by atoms with E-state index in [2.05, 4.69) is 0 Å². The van der Waals surface area contributed by atoms with Crippen LogP contribution < -0.4 is 4.90 Å². The molecule has 1 aromatic carbocycles. The summed E-state index contributed by atoms with van der Waals surface area (Å²) in [5.41, 5.74) is 0.0288. The number of aliphatic carboxylic acids is 1. The fourth-order valence-corrected chi connectivity index (χ4v) is 1.94. The van der Waals surface area contributed by atoms with Gasteiger partial charge in [-0.3, -0.25) is 0 Å². The first-order valence-corrected chi connectivity index (χ1v) is 6.52. The topological polar surface area (TPSA) is 49.8 Å². The minimum Gasteiger partial charge on any atom is -0.478 e. The smallest absolute Gasteiger partial charge is 0.328 e. The number of nitrogens with zero attached hydrogens (tertiary/aromatic N) is 1. The zero-order chi connectivity index (χ0) is 16.0. The fourth-order valence-electron chi connectivity index (χ4n) is 1.94. The minimum absolute atomic E-state index is 0.107. The van der Waals surface area contributed by atoms with Gasteiger partial charge in [0, 0.05) is 25.8 Å². The molecule has 116 valence electrons. The number of ether oxygens (including phenoxy) is 1. The van der Waals surface area contributed by atoms with Crippen molar-refractivity contribution >= 4 is 17.7 Å². The van der Waals surface area contributed by atoms with Gasteiger partial charge in [-0.1, -0.05) is 0 Å². The van der Waals surface area contributed by atoms with E-state index in [-0.39, 0.29) is 17.3 Å². The predicted molar refractivity (Wildman–Crippen MR) is 77.4 cm³/mol. The van der Waals surface area contributed by atoms with Gasteiger partial charge in [-0.25, -0.2) is 13.6 Å². The molecule has 0 spiro atoms. The Balaban J connectivity index is 3.15. The molecule has 0 atom stereocenters. The normalized spacial score (nSPS) is 11.3. The van der Waals surface area contributed by atoms with Gasteiger partial charge < -0.3 is 14.7 Å². The van der Waals surface area contributed by atoms with Crippen molar-refractivity contribution in [2.24, 2.45) is 0 Å². The number of rotatable bonds is 7. The molecule has 1 rings (SSSR count). The van der Waals surface area contributed by atoms with E-state index in [0.29, 0.717) is 13.2 Å². The van der Waals surface area contributed by atoms with Gasteiger partial charge in [0.15, 0.2) is 0 Å². The maximum Gasteiger partial charge on any atom is 0.328 e. The maximum atomic E-state index is 14.2. The van der Waals surface area contributed by atoms with Gasteiger partial charge in [-0.15, -0.1) is 0 Å². The number of carboxylic acids is 1. The molecular formula is C15H19F2NO3. The highest BCUT2D eigenvalue weighted by Crippen LogP contribution is 2.27. The Morgan fingerprint density at radius 2 is 1.95 bits per heavy atom. The molecule has 0 unspecified atom stereocenters. The molecule has 0 fully saturated rings. The molecule has 0 aromatic heterocycles. The van der Waals surface area contributed by atoms with Crippen LogP contribution in [0.4, 0.5) is 14.5 Å². The second-order valence-corrected chi connectivity index (χ2v) is 4.78. The second kappa shape index (κ2) is 7.73. The Morgan fingerprint density at radius 3 is 2.38 bits per heavy atom. The molecule has 0 aliphatic carbocycles. The number of halogens is 2. The van der Waals surface area contributed by atoms with E-state index >= 15 is 0 Å². The van der Waals surface area contributed by atoms with Crippen molar-refractivity contribution in [2.75, 3.05) is 25.2 Å². The van der Waals surface area contributed by atoms with E-state index in [1.54, 1.807) is 4.90 Å². The third kappa shape index (κ3) is 4.82. The lowest BCUT2D eigenvalue weighted by Gasteiger charge is -2.29. The molecular weight excluding hydrogens is 280 g/mol. The minimum atomic E-state index is -1.18. The maximum absolute atomic E-state index is 14.2. The quantitative estimate of drug-likeness (QED) is 0.787. The van der Waals surface area contributed by atoms with Crippen molar-refractivity contribution in [3.8, 4) is 0 Å². The largest absolute Gasteiger partial charge is 0.478 e. The first-order chi connectivity index (χ1) is 9.86. The molecule has 1 N–H and O–H groups in total. The molecule has 21 heavy (non-hydrogen) atoms. The zero-order valence-electron chi connectivity index (χ0n) is 12.3. The summed E-state index contributed by atoms with van der Waals surface area (Å²) in [4.78, 5) is 12.0. The molecule has 4 nitrogen and oxygen atoms in total. The van der Waals surface area contributed by atoms with Crippen molar-refractivity contribution in [3.05, 3.63) is 35.4 Å². The Bertz CT molecular complexity index is 507. The SMILES string of the molecule is COCCN(c1c(F)cc(/C=C/C(=O)O)cc1F)C(C)C. The summed E-state index contributed by atoms with van der Waals surface area (Å²) >= 11 is 0. The van der Waals surface area contributed by atoms with Crippen LogP contribution in [0.5, 0.6) is 0 Å². The Kier molecular flexibility index (Phi) is 6.30. The fraction of sp³-hybridized carbons (Fsp3) is 0.400. The van der Waals surface area contributed by atoms with Crippen molar-refractivity contribution < 1.29 is 23.4 Å². The van der Waals surface area contributed by atoms with Crippen molar-refractivity contribution in [3.63, 3.8) is 0 Å². The van der Waals surface area contributed by atoms with Crippen LogP contribution >= 0.6 is 0 Å². The number of methoxy groups -OCH3 is 1. The molecule has 1 aromatic rings. The highest BCUT2D eigenvalue weighted by molar-refractivity contribution is 5.85. The molecule has 0 radical (unpaired) electrons. The number of hydrogen-bond acceptors (Lipinski definition) is 3. The molecule has 0 amide bonds. The summed E-state index contributed by atoms with van der Waals surface area (Å²) in [5.74, 6) is -2.64. The highest BCUT2D eigenvalue weighted by atomic mass is 19.1. The third-order valence-corrected chi connectivity index (χ3v) is 2.90. The van der Waals surface area contributed by atoms with Crippen LogP contribution in [0.2, 0.25) is 0 Å². The second-order valence-electron chi connectivity index (χ2n) is 4.78. The van der Waals surface area contributed by atoms with Gasteiger partial charge in [0.25, 0.3) is 0 Å². The van der Waals surface area contributed by atoms with E-state index in [1.807, 2.05) is 13.8 Å². The van der Waals surface area contributed by atoms with Crippen LogP contribution in [0.15, 0.2) is 18.2 Å². The lowest BCUT2D eigenvalue weighted by molar-refractivity contribution is -0.131. The zero-order valence-corrected chi connectivity index (χ0v) is 12.3. The van der Waals surface area contributed by atoms with E-state index in [4.69, 9.17) is 9.84 Å². The summed E-state index contributed by atoms with van der Waals surface area (Å²) in [6.45, 7) is 4.35. The van der Waals surface area contributed by atoms with Crippen LogP contribution in [0.25, 0.3) is 6.08 Å². The standard InChI is InChI=1S/C15H19F2NO3/c1-10(2)18(6-7-21-3)15-12(16)8-11(9-13(15)17)4-5-14(19)20/h4-5,8-10H,6-7H2,1-3H3,(H,19,20)/b5-4+. The third-order valence-electron chi connectivity index (χ3n) is 2.90. The van der Waals surface area contributed by atoms with Gasteiger partial charge in [0.2, 0.25) is 0 Å². The molecule has 0 aliphatic rings. The summed E-state index contributed by atoms with van der Waals surface area (Å²) in [5, 5.41) is 8.53. The molecule has 0 saturated heterocycles. The first-order valence-electron chi connectivity index (χ1n) is 6.52. The number of carboxylic acid groups (broad SMARTS) is 1. The van der Waals surface area contributed by atoms with Crippen molar-refractivity contribution in [1.29, 1.82) is 0 Å². The number of benzene rings is 1. The summed E-state index contributed by atoms with van der Waals surface area (Å²) in [6, 6.07) is 2.12. The van der Waals surface area contributed by atoms with Gasteiger partial charge in [-0.05, 0) is 37.6 Å². The summed E-state index contributed by atoms with van der Waals surface area (Å²) < 4.78 is 33.3. The number of hydrogen-bond donors (Lipinski definition) is 1. The van der Waals surface area contributed by atoms with E-state index in [0.717, 1.165) is 24.3 Å². The van der Waals surface area contributed by atoms with Crippen LogP contribution in [0, 0.1) is 11.6 Å².